The van der Waals surface area contributed by atoms with E-state index in [4.69, 9.17) is 9.47 Å². The first kappa shape index (κ1) is 14.6. The van der Waals surface area contributed by atoms with Gasteiger partial charge < -0.3 is 14.8 Å². The molecule has 0 saturated heterocycles. The van der Waals surface area contributed by atoms with Crippen LogP contribution in [0.25, 0.3) is 0 Å². The molecular weight excluding hydrogens is 272 g/mol. The summed E-state index contributed by atoms with van der Waals surface area (Å²) in [7, 11) is 3.08. The molecule has 0 aliphatic rings. The standard InChI is InChI=1S/C15H16N2O4/c1-20-13-8-11(7-12(9-13)17(18)19)10-16-14-5-3-4-6-15(14)21-2/h3-9,16H,10H2,1-2H3. The van der Waals surface area contributed by atoms with Crippen molar-refractivity contribution in [1.29, 1.82) is 0 Å². The number of nitro benzene ring substituents is 1. The lowest BCUT2D eigenvalue weighted by Crippen LogP contribution is -2.02. The molecule has 0 radical (unpaired) electrons. The fourth-order valence-corrected chi connectivity index (χ4v) is 1.96. The molecule has 0 aliphatic heterocycles. The fraction of sp³-hybridized carbons (Fsp3) is 0.200. The summed E-state index contributed by atoms with van der Waals surface area (Å²) < 4.78 is 10.3. The molecule has 21 heavy (non-hydrogen) atoms. The zero-order valence-electron chi connectivity index (χ0n) is 11.8. The number of anilines is 1. The first-order valence-electron chi connectivity index (χ1n) is 6.33. The number of benzene rings is 2. The number of para-hydroxylation sites is 2. The van der Waals surface area contributed by atoms with E-state index in [1.807, 2.05) is 24.3 Å². The van der Waals surface area contributed by atoms with Crippen molar-refractivity contribution in [3.8, 4) is 11.5 Å². The molecule has 6 heteroatoms. The molecule has 0 atom stereocenters. The van der Waals surface area contributed by atoms with Crippen LogP contribution in [0.2, 0.25) is 0 Å². The highest BCUT2D eigenvalue weighted by atomic mass is 16.6. The highest BCUT2D eigenvalue weighted by molar-refractivity contribution is 5.56. The van der Waals surface area contributed by atoms with E-state index in [1.165, 1.54) is 19.2 Å². The molecule has 110 valence electrons. The minimum atomic E-state index is -0.435. The molecular formula is C15H16N2O4. The van der Waals surface area contributed by atoms with Crippen LogP contribution in [-0.4, -0.2) is 19.1 Å². The number of rotatable bonds is 6. The van der Waals surface area contributed by atoms with E-state index in [-0.39, 0.29) is 5.69 Å². The highest BCUT2D eigenvalue weighted by Gasteiger charge is 2.10. The van der Waals surface area contributed by atoms with Crippen LogP contribution >= 0.6 is 0 Å². The summed E-state index contributed by atoms with van der Waals surface area (Å²) in [6.45, 7) is 0.429. The van der Waals surface area contributed by atoms with Gasteiger partial charge >= 0.3 is 0 Å². The third-order valence-electron chi connectivity index (χ3n) is 2.99. The maximum atomic E-state index is 10.9. The second kappa shape index (κ2) is 6.60. The Hall–Kier alpha value is -2.76. The van der Waals surface area contributed by atoms with E-state index in [0.29, 0.717) is 12.3 Å². The van der Waals surface area contributed by atoms with Crippen LogP contribution in [0.4, 0.5) is 11.4 Å². The lowest BCUT2D eigenvalue weighted by molar-refractivity contribution is -0.385. The normalized spacial score (nSPS) is 10.0. The van der Waals surface area contributed by atoms with Crippen LogP contribution in [0, 0.1) is 10.1 Å². The molecule has 0 fully saturated rings. The number of nitrogens with zero attached hydrogens (tertiary/aromatic N) is 1. The Labute approximate surface area is 122 Å². The summed E-state index contributed by atoms with van der Waals surface area (Å²) in [5.41, 5.74) is 1.59. The van der Waals surface area contributed by atoms with Crippen LogP contribution in [0.1, 0.15) is 5.56 Å². The van der Waals surface area contributed by atoms with Crippen molar-refractivity contribution in [2.45, 2.75) is 6.54 Å². The summed E-state index contributed by atoms with van der Waals surface area (Å²) >= 11 is 0. The number of hydrogen-bond acceptors (Lipinski definition) is 5. The topological polar surface area (TPSA) is 73.6 Å². The van der Waals surface area contributed by atoms with Gasteiger partial charge in [-0.15, -0.1) is 0 Å². The van der Waals surface area contributed by atoms with Gasteiger partial charge in [-0.1, -0.05) is 12.1 Å². The van der Waals surface area contributed by atoms with E-state index in [2.05, 4.69) is 5.32 Å². The molecule has 0 unspecified atom stereocenters. The average Bonchev–Trinajstić information content (AvgIpc) is 2.52. The number of nitrogens with one attached hydrogen (secondary N) is 1. The van der Waals surface area contributed by atoms with Crippen LogP contribution < -0.4 is 14.8 Å². The molecule has 2 aromatic rings. The summed E-state index contributed by atoms with van der Waals surface area (Å²) in [5, 5.41) is 14.1. The maximum absolute atomic E-state index is 10.9. The van der Waals surface area contributed by atoms with E-state index >= 15 is 0 Å². The van der Waals surface area contributed by atoms with Crippen LogP contribution in [0.15, 0.2) is 42.5 Å². The molecule has 1 N–H and O–H groups in total. The van der Waals surface area contributed by atoms with E-state index in [0.717, 1.165) is 17.0 Å². The number of nitro groups is 1. The third-order valence-corrected chi connectivity index (χ3v) is 2.99. The zero-order chi connectivity index (χ0) is 15.2. The molecule has 0 heterocycles. The predicted octanol–water partition coefficient (Wildman–Crippen LogP) is 3.22. The largest absolute Gasteiger partial charge is 0.496 e. The van der Waals surface area contributed by atoms with Crippen molar-refractivity contribution >= 4 is 11.4 Å². The Bertz CT molecular complexity index is 643. The van der Waals surface area contributed by atoms with E-state index in [1.54, 1.807) is 13.2 Å². The van der Waals surface area contributed by atoms with Crippen molar-refractivity contribution < 1.29 is 14.4 Å². The lowest BCUT2D eigenvalue weighted by Gasteiger charge is -2.11. The third kappa shape index (κ3) is 3.62. The molecule has 0 bridgehead atoms. The fourth-order valence-electron chi connectivity index (χ4n) is 1.96. The molecule has 2 aromatic carbocycles. The van der Waals surface area contributed by atoms with Gasteiger partial charge in [0.15, 0.2) is 0 Å². The van der Waals surface area contributed by atoms with Gasteiger partial charge in [0.1, 0.15) is 11.5 Å². The lowest BCUT2D eigenvalue weighted by atomic mass is 10.1. The summed E-state index contributed by atoms with van der Waals surface area (Å²) in [6.07, 6.45) is 0. The van der Waals surface area contributed by atoms with E-state index in [9.17, 15) is 10.1 Å². The Balaban J connectivity index is 2.19. The predicted molar refractivity (Wildman–Crippen MR) is 80.0 cm³/mol. The van der Waals surface area contributed by atoms with Crippen molar-refractivity contribution in [2.24, 2.45) is 0 Å². The van der Waals surface area contributed by atoms with Crippen molar-refractivity contribution in [2.75, 3.05) is 19.5 Å². The highest BCUT2D eigenvalue weighted by Crippen LogP contribution is 2.26. The second-order valence-corrected chi connectivity index (χ2v) is 4.35. The van der Waals surface area contributed by atoms with Crippen molar-refractivity contribution in [3.05, 3.63) is 58.1 Å². The summed E-state index contributed by atoms with van der Waals surface area (Å²) in [5.74, 6) is 1.18. The Morgan fingerprint density at radius 2 is 1.90 bits per heavy atom. The Morgan fingerprint density at radius 3 is 2.57 bits per heavy atom. The molecule has 0 spiro atoms. The molecule has 0 aromatic heterocycles. The minimum absolute atomic E-state index is 0.00572. The first-order valence-corrected chi connectivity index (χ1v) is 6.33. The van der Waals surface area contributed by atoms with Gasteiger partial charge in [-0.2, -0.15) is 0 Å². The number of methoxy groups -OCH3 is 2. The number of hydrogen-bond donors (Lipinski definition) is 1. The van der Waals surface area contributed by atoms with Crippen LogP contribution in [0.3, 0.4) is 0 Å². The number of ether oxygens (including phenoxy) is 2. The van der Waals surface area contributed by atoms with Gasteiger partial charge in [0, 0.05) is 12.6 Å². The van der Waals surface area contributed by atoms with Crippen LogP contribution in [-0.2, 0) is 6.54 Å². The van der Waals surface area contributed by atoms with Gasteiger partial charge in [0.2, 0.25) is 0 Å². The molecule has 2 rings (SSSR count). The summed E-state index contributed by atoms with van der Waals surface area (Å²) in [6, 6.07) is 12.2. The monoisotopic (exact) mass is 288 g/mol. The maximum Gasteiger partial charge on any atom is 0.273 e. The van der Waals surface area contributed by atoms with Gasteiger partial charge in [-0.05, 0) is 23.8 Å². The molecule has 0 amide bonds. The smallest absolute Gasteiger partial charge is 0.273 e. The van der Waals surface area contributed by atoms with Gasteiger partial charge in [-0.25, -0.2) is 0 Å². The SMILES string of the molecule is COc1cc(CNc2ccccc2OC)cc([N+](=O)[O-])c1. The van der Waals surface area contributed by atoms with Crippen LogP contribution in [0.5, 0.6) is 11.5 Å². The van der Waals surface area contributed by atoms with Gasteiger partial charge in [-0.3, -0.25) is 10.1 Å². The summed E-state index contributed by atoms with van der Waals surface area (Å²) in [4.78, 5) is 10.5. The molecule has 6 nitrogen and oxygen atoms in total. The minimum Gasteiger partial charge on any atom is -0.496 e. The number of non-ortho nitro benzene ring substituents is 1. The van der Waals surface area contributed by atoms with Crippen molar-refractivity contribution in [3.63, 3.8) is 0 Å². The quantitative estimate of drug-likeness (QED) is 0.652. The molecule has 0 aliphatic carbocycles. The Kier molecular flexibility index (Phi) is 4.61. The Morgan fingerprint density at radius 1 is 1.14 bits per heavy atom. The second-order valence-electron chi connectivity index (χ2n) is 4.35. The van der Waals surface area contributed by atoms with Gasteiger partial charge in [0.25, 0.3) is 5.69 Å². The average molecular weight is 288 g/mol. The van der Waals surface area contributed by atoms with Crippen molar-refractivity contribution in [1.82, 2.24) is 0 Å². The van der Waals surface area contributed by atoms with Gasteiger partial charge in [0.05, 0.1) is 30.9 Å². The molecule has 0 saturated carbocycles. The first-order chi connectivity index (χ1) is 10.1. The zero-order valence-corrected chi connectivity index (χ0v) is 11.8. The van der Waals surface area contributed by atoms with E-state index < -0.39 is 4.92 Å².